The first-order valence-electron chi connectivity index (χ1n) is 5.70. The van der Waals surface area contributed by atoms with E-state index in [4.69, 9.17) is 4.11 Å². The van der Waals surface area contributed by atoms with Crippen molar-refractivity contribution in [2.24, 2.45) is 0 Å². The number of rotatable bonds is 1. The molecule has 0 unspecified atom stereocenters. The number of nitrogens with zero attached hydrogens (tertiary/aromatic N) is 1. The van der Waals surface area contributed by atoms with Crippen LogP contribution in [0.25, 0.3) is 11.3 Å². The van der Waals surface area contributed by atoms with Gasteiger partial charge in [0.15, 0.2) is 0 Å². The molecule has 76 valence electrons. The third-order valence-electron chi connectivity index (χ3n) is 1.94. The summed E-state index contributed by atoms with van der Waals surface area (Å²) in [6, 6.07) is 8.99. The SMILES string of the molecule is [2H]C([2H])([2H])c1cccnc1-c1ccccc1F.[Ir+3]. The Hall–Kier alpha value is -1.05. The molecule has 0 aliphatic heterocycles. The minimum atomic E-state index is -2.30. The summed E-state index contributed by atoms with van der Waals surface area (Å²) < 4.78 is 35.8. The van der Waals surface area contributed by atoms with Crippen LogP contribution < -0.4 is 0 Å². The Balaban J connectivity index is 0.00000162. The third-order valence-corrected chi connectivity index (χ3v) is 1.94. The van der Waals surface area contributed by atoms with E-state index in [9.17, 15) is 4.39 Å². The molecule has 2 aromatic rings. The Morgan fingerprint density at radius 2 is 2.00 bits per heavy atom. The summed E-state index contributed by atoms with van der Waals surface area (Å²) in [5.74, 6) is -0.475. The Labute approximate surface area is 106 Å². The molecule has 1 aromatic carbocycles. The van der Waals surface area contributed by atoms with Crippen molar-refractivity contribution in [3.05, 3.63) is 54.0 Å². The molecule has 0 amide bonds. The largest absolute Gasteiger partial charge is 3.00 e. The second-order valence-electron chi connectivity index (χ2n) is 2.88. The van der Waals surface area contributed by atoms with Crippen LogP contribution in [0.4, 0.5) is 4.39 Å². The molecule has 1 aromatic heterocycles. The van der Waals surface area contributed by atoms with Crippen molar-refractivity contribution in [1.29, 1.82) is 0 Å². The van der Waals surface area contributed by atoms with Gasteiger partial charge in [0.05, 0.1) is 5.69 Å². The van der Waals surface area contributed by atoms with Crippen LogP contribution >= 0.6 is 0 Å². The van der Waals surface area contributed by atoms with Gasteiger partial charge in [-0.1, -0.05) is 18.2 Å². The van der Waals surface area contributed by atoms with Gasteiger partial charge in [0.2, 0.25) is 0 Å². The smallest absolute Gasteiger partial charge is 0.256 e. The van der Waals surface area contributed by atoms with E-state index in [0.29, 0.717) is 0 Å². The zero-order valence-electron chi connectivity index (χ0n) is 10.7. The molecule has 0 atom stereocenters. The number of hydrogen-bond acceptors (Lipinski definition) is 1. The summed E-state index contributed by atoms with van der Waals surface area (Å²) in [5.41, 5.74) is 0.440. The molecule has 0 aliphatic carbocycles. The molecule has 0 saturated heterocycles. The number of aromatic nitrogens is 1. The minimum Gasteiger partial charge on any atom is -0.256 e. The van der Waals surface area contributed by atoms with E-state index >= 15 is 0 Å². The van der Waals surface area contributed by atoms with Gasteiger partial charge < -0.3 is 0 Å². The van der Waals surface area contributed by atoms with E-state index in [0.717, 1.165) is 0 Å². The molecule has 1 heterocycles. The van der Waals surface area contributed by atoms with E-state index in [2.05, 4.69) is 4.98 Å². The number of hydrogen-bond donors (Lipinski definition) is 0. The van der Waals surface area contributed by atoms with Crippen LogP contribution in [0.5, 0.6) is 0 Å². The van der Waals surface area contributed by atoms with Gasteiger partial charge in [-0.25, -0.2) is 4.39 Å². The van der Waals surface area contributed by atoms with Gasteiger partial charge in [0, 0.05) is 15.9 Å². The average molecular weight is 382 g/mol. The summed E-state index contributed by atoms with van der Waals surface area (Å²) >= 11 is 0. The maximum Gasteiger partial charge on any atom is 3.00 e. The summed E-state index contributed by atoms with van der Waals surface area (Å²) in [6.45, 7) is -2.30. The van der Waals surface area contributed by atoms with Gasteiger partial charge in [-0.05, 0) is 30.6 Å². The molecule has 0 bridgehead atoms. The van der Waals surface area contributed by atoms with Crippen molar-refractivity contribution in [2.45, 2.75) is 6.85 Å². The zero-order chi connectivity index (χ0) is 12.5. The number of pyridine rings is 1. The molecule has 0 N–H and O–H groups in total. The van der Waals surface area contributed by atoms with Crippen LogP contribution in [-0.4, -0.2) is 4.98 Å². The minimum absolute atomic E-state index is 0. The molecule has 15 heavy (non-hydrogen) atoms. The third kappa shape index (κ3) is 2.49. The number of halogens is 1. The molecule has 0 spiro atoms. The van der Waals surface area contributed by atoms with Crippen molar-refractivity contribution < 1.29 is 28.6 Å². The predicted molar refractivity (Wildman–Crippen MR) is 54.4 cm³/mol. The van der Waals surface area contributed by atoms with Crippen molar-refractivity contribution in [3.63, 3.8) is 0 Å². The topological polar surface area (TPSA) is 12.9 Å². The Morgan fingerprint density at radius 3 is 2.73 bits per heavy atom. The second kappa shape index (κ2) is 5.15. The monoisotopic (exact) mass is 383 g/mol. The van der Waals surface area contributed by atoms with Gasteiger partial charge in [-0.2, -0.15) is 0 Å². The number of benzene rings is 1. The Kier molecular flexibility index (Phi) is 2.80. The van der Waals surface area contributed by atoms with Crippen LogP contribution in [0.15, 0.2) is 42.6 Å². The first-order chi connectivity index (χ1) is 8.00. The van der Waals surface area contributed by atoms with Gasteiger partial charge >= 0.3 is 20.1 Å². The van der Waals surface area contributed by atoms with Crippen LogP contribution in [-0.2, 0) is 20.1 Å². The summed E-state index contributed by atoms with van der Waals surface area (Å²) in [6.07, 6.45) is 1.46. The van der Waals surface area contributed by atoms with Gasteiger partial charge in [-0.15, -0.1) is 0 Å². The fourth-order valence-corrected chi connectivity index (χ4v) is 1.27. The van der Waals surface area contributed by atoms with E-state index < -0.39 is 12.7 Å². The normalized spacial score (nSPS) is 13.3. The first-order valence-corrected chi connectivity index (χ1v) is 4.20. The van der Waals surface area contributed by atoms with Crippen LogP contribution in [0.2, 0.25) is 0 Å². The van der Waals surface area contributed by atoms with Crippen molar-refractivity contribution in [1.82, 2.24) is 4.98 Å². The van der Waals surface area contributed by atoms with Crippen LogP contribution in [0.1, 0.15) is 9.68 Å². The fraction of sp³-hybridized carbons (Fsp3) is 0.0833. The fourth-order valence-electron chi connectivity index (χ4n) is 1.27. The average Bonchev–Trinajstić information content (AvgIpc) is 2.28. The van der Waals surface area contributed by atoms with Gasteiger partial charge in [0.25, 0.3) is 0 Å². The van der Waals surface area contributed by atoms with E-state index in [1.807, 2.05) is 0 Å². The molecule has 1 nitrogen and oxygen atoms in total. The first kappa shape index (κ1) is 8.14. The van der Waals surface area contributed by atoms with Crippen LogP contribution in [0.3, 0.4) is 0 Å². The molecule has 0 saturated carbocycles. The molecule has 3 heteroatoms. The Morgan fingerprint density at radius 1 is 1.20 bits per heavy atom. The standard InChI is InChI=1S/C12H10FN.Ir/c1-9-5-4-8-14-12(9)10-6-2-3-7-11(10)13;/h2-8H,1H3;/q;+3/i1D3;. The van der Waals surface area contributed by atoms with E-state index in [1.165, 1.54) is 30.5 Å². The van der Waals surface area contributed by atoms with Crippen LogP contribution in [0, 0.1) is 12.7 Å². The van der Waals surface area contributed by atoms with Gasteiger partial charge in [-0.3, -0.25) is 4.98 Å². The maximum atomic E-state index is 13.6. The molecule has 0 fully saturated rings. The van der Waals surface area contributed by atoms with E-state index in [-0.39, 0.29) is 36.9 Å². The van der Waals surface area contributed by atoms with Crippen molar-refractivity contribution in [3.8, 4) is 11.3 Å². The second-order valence-corrected chi connectivity index (χ2v) is 2.88. The molecule has 2 rings (SSSR count). The molecular weight excluding hydrogens is 369 g/mol. The molecule has 0 radical (unpaired) electrons. The van der Waals surface area contributed by atoms with Gasteiger partial charge in [0.1, 0.15) is 5.82 Å². The summed E-state index contributed by atoms with van der Waals surface area (Å²) in [5, 5.41) is 0. The molecular formula is C12H10FIrN+3. The quantitative estimate of drug-likeness (QED) is 0.738. The molecule has 0 aliphatic rings. The summed E-state index contributed by atoms with van der Waals surface area (Å²) in [7, 11) is 0. The Bertz CT molecular complexity index is 543. The predicted octanol–water partition coefficient (Wildman–Crippen LogP) is 3.19. The van der Waals surface area contributed by atoms with Crippen molar-refractivity contribution in [2.75, 3.05) is 0 Å². The van der Waals surface area contributed by atoms with Crippen molar-refractivity contribution >= 4 is 0 Å². The van der Waals surface area contributed by atoms with E-state index in [1.54, 1.807) is 12.1 Å². The maximum absolute atomic E-state index is 13.6. The number of aryl methyl sites for hydroxylation is 1. The summed E-state index contributed by atoms with van der Waals surface area (Å²) in [4.78, 5) is 3.98. The zero-order valence-corrected chi connectivity index (χ0v) is 10.1.